The lowest BCUT2D eigenvalue weighted by molar-refractivity contribution is -0.114. The van der Waals surface area contributed by atoms with Gasteiger partial charge in [-0.2, -0.15) is 5.10 Å². The van der Waals surface area contributed by atoms with Gasteiger partial charge in [-0.15, -0.1) is 0 Å². The van der Waals surface area contributed by atoms with E-state index in [-0.39, 0.29) is 24.4 Å². The number of benzene rings is 1. The molecule has 0 unspecified atom stereocenters. The fourth-order valence-electron chi connectivity index (χ4n) is 2.61. The monoisotopic (exact) mass is 374 g/mol. The van der Waals surface area contributed by atoms with Crippen molar-refractivity contribution in [3.63, 3.8) is 0 Å². The standard InChI is InChI=1S/C19H20F2N4O2/c1-2-18(26)25(11-13-9-22-24(10-13)12-17(20)21)16-7-3-14(4-8-16)19(27)23-15-5-6-15/h2-4,7-10,15,17H,1,5-6,11-12H2,(H,23,27). The van der Waals surface area contributed by atoms with Crippen molar-refractivity contribution in [3.8, 4) is 0 Å². The van der Waals surface area contributed by atoms with Gasteiger partial charge in [0.15, 0.2) is 0 Å². The first kappa shape index (κ1) is 18.8. The number of amides is 2. The van der Waals surface area contributed by atoms with E-state index in [1.54, 1.807) is 24.3 Å². The maximum Gasteiger partial charge on any atom is 0.257 e. The zero-order chi connectivity index (χ0) is 19.4. The van der Waals surface area contributed by atoms with E-state index in [9.17, 15) is 18.4 Å². The summed E-state index contributed by atoms with van der Waals surface area (Å²) in [7, 11) is 0. The second-order valence-electron chi connectivity index (χ2n) is 6.38. The van der Waals surface area contributed by atoms with E-state index >= 15 is 0 Å². The van der Waals surface area contributed by atoms with E-state index in [0.717, 1.165) is 17.5 Å². The fraction of sp³-hybridized carbons (Fsp3) is 0.316. The molecule has 2 aromatic rings. The van der Waals surface area contributed by atoms with Crippen LogP contribution in [0.2, 0.25) is 0 Å². The Hall–Kier alpha value is -3.03. The molecule has 6 nitrogen and oxygen atoms in total. The SMILES string of the molecule is C=CC(=O)N(Cc1cnn(CC(F)F)c1)c1ccc(C(=O)NC2CC2)cc1. The van der Waals surface area contributed by atoms with Gasteiger partial charge in [0.2, 0.25) is 0 Å². The van der Waals surface area contributed by atoms with Gasteiger partial charge in [-0.25, -0.2) is 8.78 Å². The molecule has 0 saturated heterocycles. The maximum atomic E-state index is 12.5. The summed E-state index contributed by atoms with van der Waals surface area (Å²) in [6, 6.07) is 6.91. The van der Waals surface area contributed by atoms with Gasteiger partial charge in [0, 0.05) is 29.1 Å². The lowest BCUT2D eigenvalue weighted by Crippen LogP contribution is -2.29. The number of rotatable bonds is 8. The van der Waals surface area contributed by atoms with Gasteiger partial charge in [0.25, 0.3) is 18.2 Å². The fourth-order valence-corrected chi connectivity index (χ4v) is 2.61. The van der Waals surface area contributed by atoms with E-state index in [2.05, 4.69) is 17.0 Å². The van der Waals surface area contributed by atoms with Crippen LogP contribution in [0.5, 0.6) is 0 Å². The van der Waals surface area contributed by atoms with Crippen molar-refractivity contribution in [3.05, 3.63) is 60.4 Å². The summed E-state index contributed by atoms with van der Waals surface area (Å²) in [5.74, 6) is -0.481. The zero-order valence-corrected chi connectivity index (χ0v) is 14.6. The molecule has 1 aromatic carbocycles. The first-order valence-electron chi connectivity index (χ1n) is 8.60. The van der Waals surface area contributed by atoms with Crippen LogP contribution in [0.25, 0.3) is 0 Å². The largest absolute Gasteiger partial charge is 0.349 e. The van der Waals surface area contributed by atoms with Crippen LogP contribution >= 0.6 is 0 Å². The highest BCUT2D eigenvalue weighted by atomic mass is 19.3. The van der Waals surface area contributed by atoms with E-state index in [4.69, 9.17) is 0 Å². The van der Waals surface area contributed by atoms with Gasteiger partial charge in [-0.05, 0) is 43.2 Å². The number of hydrogen-bond acceptors (Lipinski definition) is 3. The molecule has 1 N–H and O–H groups in total. The van der Waals surface area contributed by atoms with Crippen molar-refractivity contribution in [2.75, 3.05) is 4.90 Å². The molecule has 1 aliphatic carbocycles. The Labute approximate surface area is 155 Å². The Bertz CT molecular complexity index is 828. The zero-order valence-electron chi connectivity index (χ0n) is 14.6. The molecule has 8 heteroatoms. The number of nitrogens with zero attached hydrogens (tertiary/aromatic N) is 3. The maximum absolute atomic E-state index is 12.5. The summed E-state index contributed by atoms with van der Waals surface area (Å²) in [6.07, 6.45) is 3.61. The Kier molecular flexibility index (Phi) is 5.63. The topological polar surface area (TPSA) is 67.2 Å². The van der Waals surface area contributed by atoms with Gasteiger partial charge < -0.3 is 10.2 Å². The van der Waals surface area contributed by atoms with E-state index in [1.165, 1.54) is 23.4 Å². The van der Waals surface area contributed by atoms with Crippen LogP contribution in [0.4, 0.5) is 14.5 Å². The third kappa shape index (κ3) is 4.99. The molecule has 1 saturated carbocycles. The molecule has 0 atom stereocenters. The number of nitrogens with one attached hydrogen (secondary N) is 1. The van der Waals surface area contributed by atoms with Gasteiger partial charge in [-0.3, -0.25) is 14.3 Å². The van der Waals surface area contributed by atoms with Crippen LogP contribution in [0.1, 0.15) is 28.8 Å². The summed E-state index contributed by atoms with van der Waals surface area (Å²) < 4.78 is 26.1. The minimum absolute atomic E-state index is 0.140. The van der Waals surface area contributed by atoms with E-state index in [0.29, 0.717) is 16.8 Å². The summed E-state index contributed by atoms with van der Waals surface area (Å²) >= 11 is 0. The minimum atomic E-state index is -2.50. The Morgan fingerprint density at radius 3 is 2.63 bits per heavy atom. The van der Waals surface area contributed by atoms with Gasteiger partial charge >= 0.3 is 0 Å². The third-order valence-electron chi connectivity index (χ3n) is 4.15. The van der Waals surface area contributed by atoms with Crippen LogP contribution in [0.3, 0.4) is 0 Å². The van der Waals surface area contributed by atoms with Crippen molar-refractivity contribution in [1.82, 2.24) is 15.1 Å². The van der Waals surface area contributed by atoms with Crippen molar-refractivity contribution in [2.24, 2.45) is 0 Å². The lowest BCUT2D eigenvalue weighted by Gasteiger charge is -2.21. The number of carbonyl (C=O) groups excluding carboxylic acids is 2. The van der Waals surface area contributed by atoms with Crippen molar-refractivity contribution < 1.29 is 18.4 Å². The normalized spacial score (nSPS) is 13.4. The molecular formula is C19H20F2N4O2. The molecule has 0 spiro atoms. The first-order valence-corrected chi connectivity index (χ1v) is 8.60. The van der Waals surface area contributed by atoms with Crippen molar-refractivity contribution in [2.45, 2.75) is 38.4 Å². The molecule has 1 fully saturated rings. The minimum Gasteiger partial charge on any atom is -0.349 e. The number of hydrogen-bond donors (Lipinski definition) is 1. The van der Waals surface area contributed by atoms with Gasteiger partial charge in [-0.1, -0.05) is 6.58 Å². The molecule has 1 heterocycles. The van der Waals surface area contributed by atoms with Crippen LogP contribution in [0.15, 0.2) is 49.3 Å². The van der Waals surface area contributed by atoms with Crippen LogP contribution in [-0.2, 0) is 17.9 Å². The molecule has 0 bridgehead atoms. The Balaban J connectivity index is 1.73. The molecule has 27 heavy (non-hydrogen) atoms. The number of aromatic nitrogens is 2. The molecule has 3 rings (SSSR count). The quantitative estimate of drug-likeness (QED) is 0.723. The second-order valence-corrected chi connectivity index (χ2v) is 6.38. The number of halogens is 2. The van der Waals surface area contributed by atoms with Crippen molar-refractivity contribution >= 4 is 17.5 Å². The summed E-state index contributed by atoms with van der Waals surface area (Å²) in [6.45, 7) is 3.16. The summed E-state index contributed by atoms with van der Waals surface area (Å²) in [4.78, 5) is 25.8. The van der Waals surface area contributed by atoms with E-state index in [1.807, 2.05) is 0 Å². The molecule has 2 amide bonds. The average Bonchev–Trinajstić information content (AvgIpc) is 3.36. The van der Waals surface area contributed by atoms with Crippen LogP contribution < -0.4 is 10.2 Å². The molecule has 1 aliphatic rings. The lowest BCUT2D eigenvalue weighted by atomic mass is 10.1. The smallest absolute Gasteiger partial charge is 0.257 e. The predicted molar refractivity (Wildman–Crippen MR) is 96.5 cm³/mol. The second kappa shape index (κ2) is 8.11. The first-order chi connectivity index (χ1) is 13.0. The third-order valence-corrected chi connectivity index (χ3v) is 4.15. The van der Waals surface area contributed by atoms with E-state index < -0.39 is 13.0 Å². The summed E-state index contributed by atoms with van der Waals surface area (Å²) in [5.41, 5.74) is 1.70. The molecule has 1 aromatic heterocycles. The van der Waals surface area contributed by atoms with Crippen LogP contribution in [0, 0.1) is 0 Å². The molecule has 0 aliphatic heterocycles. The number of carbonyl (C=O) groups is 2. The average molecular weight is 374 g/mol. The van der Waals surface area contributed by atoms with Gasteiger partial charge in [0.05, 0.1) is 12.7 Å². The highest BCUT2D eigenvalue weighted by Gasteiger charge is 2.24. The predicted octanol–water partition coefficient (Wildman–Crippen LogP) is 2.76. The molecular weight excluding hydrogens is 354 g/mol. The van der Waals surface area contributed by atoms with Crippen LogP contribution in [-0.4, -0.2) is 34.1 Å². The van der Waals surface area contributed by atoms with Gasteiger partial charge in [0.1, 0.15) is 6.54 Å². The molecule has 0 radical (unpaired) electrons. The Morgan fingerprint density at radius 1 is 1.33 bits per heavy atom. The van der Waals surface area contributed by atoms with Crippen molar-refractivity contribution in [1.29, 1.82) is 0 Å². The highest BCUT2D eigenvalue weighted by molar-refractivity contribution is 6.01. The molecule has 142 valence electrons. The Morgan fingerprint density at radius 2 is 2.04 bits per heavy atom. The number of anilines is 1. The number of alkyl halides is 2. The highest BCUT2D eigenvalue weighted by Crippen LogP contribution is 2.21. The summed E-state index contributed by atoms with van der Waals surface area (Å²) in [5, 5.41) is 6.78.